The van der Waals surface area contributed by atoms with E-state index in [4.69, 9.17) is 0 Å². The van der Waals surface area contributed by atoms with Crippen LogP contribution in [0.1, 0.15) is 36.6 Å². The van der Waals surface area contributed by atoms with Crippen LogP contribution < -0.4 is 5.32 Å². The van der Waals surface area contributed by atoms with E-state index in [9.17, 15) is 13.2 Å². The van der Waals surface area contributed by atoms with Gasteiger partial charge in [0, 0.05) is 25.1 Å². The highest BCUT2D eigenvalue weighted by atomic mass is 32.2. The number of thioether (sulfide) groups is 1. The summed E-state index contributed by atoms with van der Waals surface area (Å²) >= 11 is 1.55. The van der Waals surface area contributed by atoms with Gasteiger partial charge in [0.1, 0.15) is 5.82 Å². The first-order valence-corrected chi connectivity index (χ1v) is 7.21. The molecule has 0 spiro atoms. The van der Waals surface area contributed by atoms with E-state index < -0.39 is 11.9 Å². The van der Waals surface area contributed by atoms with Gasteiger partial charge in [-0.2, -0.15) is 24.9 Å². The molecule has 0 fully saturated rings. The molecule has 0 radical (unpaired) electrons. The largest absolute Gasteiger partial charge is 0.433 e. The molecule has 0 saturated heterocycles. The summed E-state index contributed by atoms with van der Waals surface area (Å²) in [7, 11) is 0. The molecule has 1 aliphatic rings. The summed E-state index contributed by atoms with van der Waals surface area (Å²) in [6.45, 7) is 4.86. The molecule has 0 unspecified atom stereocenters. The lowest BCUT2D eigenvalue weighted by atomic mass is 10.0. The molecule has 0 amide bonds. The zero-order valence-electron chi connectivity index (χ0n) is 10.8. The van der Waals surface area contributed by atoms with E-state index in [1.807, 2.05) is 13.8 Å². The lowest BCUT2D eigenvalue weighted by Crippen LogP contribution is -2.29. The third-order valence-electron chi connectivity index (χ3n) is 2.79. The van der Waals surface area contributed by atoms with Crippen LogP contribution in [0.25, 0.3) is 0 Å². The van der Waals surface area contributed by atoms with Gasteiger partial charge >= 0.3 is 6.18 Å². The van der Waals surface area contributed by atoms with Gasteiger partial charge in [-0.05, 0) is 5.25 Å². The van der Waals surface area contributed by atoms with E-state index in [1.165, 1.54) is 0 Å². The molecule has 19 heavy (non-hydrogen) atoms. The number of hydrogen-bond donors (Lipinski definition) is 1. The number of rotatable bonds is 3. The van der Waals surface area contributed by atoms with E-state index in [2.05, 4.69) is 15.3 Å². The average Bonchev–Trinajstić information content (AvgIpc) is 2.34. The van der Waals surface area contributed by atoms with Gasteiger partial charge < -0.3 is 5.32 Å². The number of nitrogens with one attached hydrogen (secondary N) is 1. The molecule has 0 aliphatic carbocycles. The molecule has 1 aromatic rings. The van der Waals surface area contributed by atoms with Gasteiger partial charge in [-0.3, -0.25) is 0 Å². The lowest BCUT2D eigenvalue weighted by molar-refractivity contribution is -0.142. The van der Waals surface area contributed by atoms with Crippen molar-refractivity contribution in [2.75, 3.05) is 6.54 Å². The second-order valence-corrected chi connectivity index (χ2v) is 6.26. The molecule has 0 atom stereocenters. The van der Waals surface area contributed by atoms with Crippen LogP contribution in [0.3, 0.4) is 0 Å². The van der Waals surface area contributed by atoms with E-state index in [-0.39, 0.29) is 17.9 Å². The summed E-state index contributed by atoms with van der Waals surface area (Å²) < 4.78 is 39.1. The molecule has 7 heteroatoms. The minimum absolute atomic E-state index is 0.196. The SMILES string of the molecule is CC(C)SCc1nc2c(c(C(F)(F)F)n1)CNCC2. The minimum Gasteiger partial charge on any atom is -0.312 e. The standard InChI is InChI=1S/C12H16F3N3S/c1-7(2)19-6-10-17-9-3-4-16-5-8(9)11(18-10)12(13,14)15/h7,16H,3-6H2,1-2H3. The van der Waals surface area contributed by atoms with Gasteiger partial charge in [0.2, 0.25) is 0 Å². The number of aromatic nitrogens is 2. The van der Waals surface area contributed by atoms with Crippen LogP contribution in [0.15, 0.2) is 0 Å². The summed E-state index contributed by atoms with van der Waals surface area (Å²) in [5.41, 5.74) is -0.0264. The third-order valence-corrected chi connectivity index (χ3v) is 3.89. The van der Waals surface area contributed by atoms with Gasteiger partial charge in [0.25, 0.3) is 0 Å². The van der Waals surface area contributed by atoms with E-state index >= 15 is 0 Å². The summed E-state index contributed by atoms with van der Waals surface area (Å²) in [5, 5.41) is 3.28. The first-order valence-electron chi connectivity index (χ1n) is 6.16. The topological polar surface area (TPSA) is 37.8 Å². The van der Waals surface area contributed by atoms with Crippen LogP contribution in [0, 0.1) is 0 Å². The lowest BCUT2D eigenvalue weighted by Gasteiger charge is -2.21. The summed E-state index contributed by atoms with van der Waals surface area (Å²) in [6.07, 6.45) is -3.89. The molecule has 2 heterocycles. The number of hydrogen-bond acceptors (Lipinski definition) is 4. The normalized spacial score (nSPS) is 15.7. The molecule has 0 bridgehead atoms. The minimum atomic E-state index is -4.41. The van der Waals surface area contributed by atoms with Crippen molar-refractivity contribution in [3.63, 3.8) is 0 Å². The van der Waals surface area contributed by atoms with Crippen LogP contribution in [0.5, 0.6) is 0 Å². The Morgan fingerprint density at radius 1 is 1.32 bits per heavy atom. The quantitative estimate of drug-likeness (QED) is 0.929. The zero-order chi connectivity index (χ0) is 14.0. The van der Waals surface area contributed by atoms with Gasteiger partial charge in [0.15, 0.2) is 5.69 Å². The molecule has 1 N–H and O–H groups in total. The second-order valence-electron chi connectivity index (χ2n) is 4.70. The van der Waals surface area contributed by atoms with E-state index in [0.717, 1.165) is 0 Å². The number of nitrogens with zero attached hydrogens (tertiary/aromatic N) is 2. The third kappa shape index (κ3) is 3.60. The van der Waals surface area contributed by atoms with Gasteiger partial charge in [-0.25, -0.2) is 9.97 Å². The first-order chi connectivity index (χ1) is 8.88. The van der Waals surface area contributed by atoms with Gasteiger partial charge in [-0.15, -0.1) is 0 Å². The monoisotopic (exact) mass is 291 g/mol. The van der Waals surface area contributed by atoms with Crippen molar-refractivity contribution in [3.8, 4) is 0 Å². The summed E-state index contributed by atoms with van der Waals surface area (Å²) in [5.74, 6) is 0.702. The van der Waals surface area contributed by atoms with Crippen molar-refractivity contribution in [1.29, 1.82) is 0 Å². The maximum absolute atomic E-state index is 13.0. The molecule has 0 aromatic carbocycles. The Kier molecular flexibility index (Phi) is 4.35. The number of alkyl halides is 3. The summed E-state index contributed by atoms with van der Waals surface area (Å²) in [6, 6.07) is 0. The van der Waals surface area contributed by atoms with Crippen molar-refractivity contribution < 1.29 is 13.2 Å². The second kappa shape index (κ2) is 5.66. The highest BCUT2D eigenvalue weighted by Gasteiger charge is 2.37. The Hall–Kier alpha value is -0.820. The number of halogens is 3. The van der Waals surface area contributed by atoms with Crippen molar-refractivity contribution in [3.05, 3.63) is 22.8 Å². The van der Waals surface area contributed by atoms with Crippen molar-refractivity contribution in [2.45, 2.75) is 44.0 Å². The predicted molar refractivity (Wildman–Crippen MR) is 68.9 cm³/mol. The Balaban J connectivity index is 2.37. The van der Waals surface area contributed by atoms with Gasteiger partial charge in [-0.1, -0.05) is 13.8 Å². The Morgan fingerprint density at radius 3 is 2.68 bits per heavy atom. The molecular weight excluding hydrogens is 275 g/mol. The van der Waals surface area contributed by atoms with Crippen LogP contribution in [-0.4, -0.2) is 21.8 Å². The maximum Gasteiger partial charge on any atom is 0.433 e. The van der Waals surface area contributed by atoms with Crippen LogP contribution >= 0.6 is 11.8 Å². The van der Waals surface area contributed by atoms with Crippen molar-refractivity contribution in [1.82, 2.24) is 15.3 Å². The Bertz CT molecular complexity index is 460. The summed E-state index contributed by atoms with van der Waals surface area (Å²) in [4.78, 5) is 8.02. The molecule has 2 rings (SSSR count). The Morgan fingerprint density at radius 2 is 2.05 bits per heavy atom. The Labute approximate surface area is 114 Å². The van der Waals surface area contributed by atoms with E-state index in [0.29, 0.717) is 29.7 Å². The van der Waals surface area contributed by atoms with Crippen molar-refractivity contribution in [2.24, 2.45) is 0 Å². The highest BCUT2D eigenvalue weighted by molar-refractivity contribution is 7.99. The molecule has 3 nitrogen and oxygen atoms in total. The molecule has 1 aromatic heterocycles. The predicted octanol–water partition coefficient (Wildman–Crippen LogP) is 2.78. The van der Waals surface area contributed by atoms with Crippen molar-refractivity contribution >= 4 is 11.8 Å². The molecule has 106 valence electrons. The fourth-order valence-corrected chi connectivity index (χ4v) is 2.55. The maximum atomic E-state index is 13.0. The van der Waals surface area contributed by atoms with Crippen LogP contribution in [0.2, 0.25) is 0 Å². The number of fused-ring (bicyclic) bond motifs is 1. The fourth-order valence-electron chi connectivity index (χ4n) is 1.93. The molecular formula is C12H16F3N3S. The highest BCUT2D eigenvalue weighted by Crippen LogP contribution is 2.33. The smallest absolute Gasteiger partial charge is 0.312 e. The van der Waals surface area contributed by atoms with E-state index in [1.54, 1.807) is 11.8 Å². The zero-order valence-corrected chi connectivity index (χ0v) is 11.7. The van der Waals surface area contributed by atoms with Crippen LogP contribution in [0.4, 0.5) is 13.2 Å². The molecule has 0 saturated carbocycles. The van der Waals surface area contributed by atoms with Crippen LogP contribution in [-0.2, 0) is 24.9 Å². The first kappa shape index (κ1) is 14.6. The fraction of sp³-hybridized carbons (Fsp3) is 0.667. The average molecular weight is 291 g/mol. The van der Waals surface area contributed by atoms with Gasteiger partial charge in [0.05, 0.1) is 11.4 Å². The molecule has 1 aliphatic heterocycles.